The first-order valence-corrected chi connectivity index (χ1v) is 10.8. The first-order valence-electron chi connectivity index (χ1n) is 10.8. The van der Waals surface area contributed by atoms with Crippen LogP contribution in [0.1, 0.15) is 24.2 Å². The van der Waals surface area contributed by atoms with Gasteiger partial charge in [0.25, 0.3) is 5.91 Å². The summed E-state index contributed by atoms with van der Waals surface area (Å²) in [6, 6.07) is 7.72. The fourth-order valence-electron chi connectivity index (χ4n) is 4.61. The lowest BCUT2D eigenvalue weighted by atomic mass is 9.96. The van der Waals surface area contributed by atoms with Gasteiger partial charge in [0.05, 0.1) is 39.7 Å². The summed E-state index contributed by atoms with van der Waals surface area (Å²) >= 11 is 0. The number of hydrogen-bond donors (Lipinski definition) is 0. The van der Waals surface area contributed by atoms with Crippen molar-refractivity contribution in [3.05, 3.63) is 29.8 Å². The summed E-state index contributed by atoms with van der Waals surface area (Å²) in [5.74, 6) is 2.36. The van der Waals surface area contributed by atoms with Gasteiger partial charge in [0, 0.05) is 23.9 Å². The minimum atomic E-state index is -0.0210. The van der Waals surface area contributed by atoms with Gasteiger partial charge in [-0.2, -0.15) is 0 Å². The van der Waals surface area contributed by atoms with Gasteiger partial charge in [-0.15, -0.1) is 0 Å². The van der Waals surface area contributed by atoms with Crippen molar-refractivity contribution in [3.63, 3.8) is 0 Å². The number of likely N-dealkylation sites (N-methyl/N-ethyl adjacent to an activating group) is 1. The van der Waals surface area contributed by atoms with Gasteiger partial charge in [-0.25, -0.2) is 0 Å². The number of nitrogens with zero attached hydrogens (tertiary/aromatic N) is 2. The van der Waals surface area contributed by atoms with Crippen LogP contribution < -0.4 is 23.8 Å². The number of carbonyl (C=O) groups is 1. The number of anilines is 1. The molecule has 0 saturated carbocycles. The van der Waals surface area contributed by atoms with E-state index >= 15 is 0 Å². The number of rotatable bonds is 9. The van der Waals surface area contributed by atoms with E-state index in [4.69, 9.17) is 18.9 Å². The largest absolute Gasteiger partial charge is 0.493 e. The van der Waals surface area contributed by atoms with E-state index in [1.807, 2.05) is 17.0 Å². The third-order valence-electron chi connectivity index (χ3n) is 6.34. The van der Waals surface area contributed by atoms with Crippen LogP contribution in [-0.2, 0) is 0 Å². The number of hydrogen-bond acceptors (Lipinski definition) is 6. The second kappa shape index (κ2) is 8.74. The van der Waals surface area contributed by atoms with Gasteiger partial charge < -0.3 is 28.7 Å². The summed E-state index contributed by atoms with van der Waals surface area (Å²) in [4.78, 5) is 17.7. The Morgan fingerprint density at radius 3 is 2.06 bits per heavy atom. The SMILES string of the molecule is CCN(CC)CCN1C(=O)c2cc(OC)c(OC)c3c2c1cc1cc(OC)c(OC)cc13. The molecule has 1 amide bonds. The van der Waals surface area contributed by atoms with Crippen molar-refractivity contribution in [1.29, 1.82) is 0 Å². The third kappa shape index (κ3) is 3.28. The topological polar surface area (TPSA) is 60.5 Å². The molecule has 0 aliphatic carbocycles. The normalized spacial score (nSPS) is 12.8. The van der Waals surface area contributed by atoms with Gasteiger partial charge >= 0.3 is 0 Å². The molecule has 1 aliphatic rings. The lowest BCUT2D eigenvalue weighted by molar-refractivity contribution is 0.0990. The molecule has 0 aromatic heterocycles. The molecule has 0 unspecified atom stereocenters. The number of amides is 1. The zero-order valence-corrected chi connectivity index (χ0v) is 19.6. The molecule has 0 N–H and O–H groups in total. The Balaban J connectivity index is 2.03. The van der Waals surface area contributed by atoms with Crippen LogP contribution in [0.5, 0.6) is 23.0 Å². The predicted octanol–water partition coefficient (Wildman–Crippen LogP) is 4.33. The Hall–Kier alpha value is -3.19. The van der Waals surface area contributed by atoms with Gasteiger partial charge in [-0.05, 0) is 48.1 Å². The Kier molecular flexibility index (Phi) is 6.02. The summed E-state index contributed by atoms with van der Waals surface area (Å²) in [6.45, 7) is 7.55. The van der Waals surface area contributed by atoms with Crippen LogP contribution in [0.25, 0.3) is 21.5 Å². The van der Waals surface area contributed by atoms with Crippen molar-refractivity contribution in [2.45, 2.75) is 13.8 Å². The quantitative estimate of drug-likeness (QED) is 0.464. The van der Waals surface area contributed by atoms with E-state index in [1.54, 1.807) is 34.5 Å². The molecule has 0 spiro atoms. The highest BCUT2D eigenvalue weighted by molar-refractivity contribution is 6.31. The molecule has 3 aromatic carbocycles. The molecular weight excluding hydrogens is 408 g/mol. The van der Waals surface area contributed by atoms with Crippen molar-refractivity contribution >= 4 is 33.1 Å². The minimum Gasteiger partial charge on any atom is -0.493 e. The van der Waals surface area contributed by atoms with Gasteiger partial charge in [0.2, 0.25) is 0 Å². The zero-order chi connectivity index (χ0) is 23.0. The highest BCUT2D eigenvalue weighted by Gasteiger charge is 2.34. The lowest BCUT2D eigenvalue weighted by Gasteiger charge is -2.24. The van der Waals surface area contributed by atoms with Crippen LogP contribution >= 0.6 is 0 Å². The maximum atomic E-state index is 13.5. The van der Waals surface area contributed by atoms with Crippen LogP contribution in [0.15, 0.2) is 24.3 Å². The molecule has 0 radical (unpaired) electrons. The van der Waals surface area contributed by atoms with Crippen LogP contribution in [-0.4, -0.2) is 65.4 Å². The Morgan fingerprint density at radius 2 is 1.47 bits per heavy atom. The van der Waals surface area contributed by atoms with Crippen LogP contribution in [0.3, 0.4) is 0 Å². The molecular formula is C25H30N2O5. The second-order valence-electron chi connectivity index (χ2n) is 7.72. The summed E-state index contributed by atoms with van der Waals surface area (Å²) in [5.41, 5.74) is 1.51. The molecule has 1 heterocycles. The first-order chi connectivity index (χ1) is 15.5. The van der Waals surface area contributed by atoms with Gasteiger partial charge in [0.15, 0.2) is 23.0 Å². The van der Waals surface area contributed by atoms with Crippen molar-refractivity contribution in [2.24, 2.45) is 0 Å². The third-order valence-corrected chi connectivity index (χ3v) is 6.34. The summed E-state index contributed by atoms with van der Waals surface area (Å²) in [5, 5.41) is 3.57. The van der Waals surface area contributed by atoms with E-state index in [1.165, 1.54) is 0 Å². The van der Waals surface area contributed by atoms with Crippen molar-refractivity contribution in [1.82, 2.24) is 4.90 Å². The Labute approximate surface area is 188 Å². The zero-order valence-electron chi connectivity index (χ0n) is 19.6. The van der Waals surface area contributed by atoms with E-state index < -0.39 is 0 Å². The number of fused-ring (bicyclic) bond motifs is 2. The van der Waals surface area contributed by atoms with Crippen LogP contribution in [0.4, 0.5) is 5.69 Å². The van der Waals surface area contributed by atoms with Crippen molar-refractivity contribution in [3.8, 4) is 23.0 Å². The molecule has 0 saturated heterocycles. The molecule has 7 heteroatoms. The molecule has 0 bridgehead atoms. The molecule has 1 aliphatic heterocycles. The Bertz CT molecular complexity index is 1190. The highest BCUT2D eigenvalue weighted by Crippen LogP contribution is 2.50. The molecule has 3 aromatic rings. The molecule has 32 heavy (non-hydrogen) atoms. The second-order valence-corrected chi connectivity index (χ2v) is 7.72. The van der Waals surface area contributed by atoms with E-state index in [9.17, 15) is 4.79 Å². The van der Waals surface area contributed by atoms with Crippen molar-refractivity contribution in [2.75, 3.05) is 59.5 Å². The number of ether oxygens (including phenoxy) is 4. The monoisotopic (exact) mass is 438 g/mol. The molecule has 4 rings (SSSR count). The molecule has 0 fully saturated rings. The van der Waals surface area contributed by atoms with E-state index in [0.29, 0.717) is 35.1 Å². The number of benzene rings is 3. The summed E-state index contributed by atoms with van der Waals surface area (Å²) in [7, 11) is 6.43. The van der Waals surface area contributed by atoms with Crippen LogP contribution in [0.2, 0.25) is 0 Å². The maximum absolute atomic E-state index is 13.5. The average molecular weight is 439 g/mol. The van der Waals surface area contributed by atoms with Gasteiger partial charge in [-0.1, -0.05) is 13.8 Å². The minimum absolute atomic E-state index is 0.0210. The number of carbonyl (C=O) groups excluding carboxylic acids is 1. The van der Waals surface area contributed by atoms with Crippen LogP contribution in [0, 0.1) is 0 Å². The molecule has 7 nitrogen and oxygen atoms in total. The maximum Gasteiger partial charge on any atom is 0.259 e. The van der Waals surface area contributed by atoms with E-state index in [2.05, 4.69) is 24.8 Å². The summed E-state index contributed by atoms with van der Waals surface area (Å²) < 4.78 is 22.5. The average Bonchev–Trinajstić information content (AvgIpc) is 3.09. The fraction of sp³-hybridized carbons (Fsp3) is 0.400. The first kappa shape index (κ1) is 22.0. The predicted molar refractivity (Wildman–Crippen MR) is 127 cm³/mol. The Morgan fingerprint density at radius 1 is 0.812 bits per heavy atom. The van der Waals surface area contributed by atoms with Gasteiger partial charge in [-0.3, -0.25) is 4.79 Å². The van der Waals surface area contributed by atoms with Gasteiger partial charge in [0.1, 0.15) is 0 Å². The lowest BCUT2D eigenvalue weighted by Crippen LogP contribution is -2.36. The van der Waals surface area contributed by atoms with E-state index in [0.717, 1.165) is 46.9 Å². The molecule has 0 atom stereocenters. The smallest absolute Gasteiger partial charge is 0.259 e. The standard InChI is InChI=1S/C25H30N2O5/c1-7-26(8-2)9-10-27-18-11-15-12-19(29-3)20(30-4)13-16(15)23-22(18)17(25(27)28)14-21(31-5)24(23)32-6/h11-14H,7-10H2,1-6H3. The number of methoxy groups -OCH3 is 4. The van der Waals surface area contributed by atoms with E-state index in [-0.39, 0.29) is 5.91 Å². The molecule has 170 valence electrons. The summed E-state index contributed by atoms with van der Waals surface area (Å²) in [6.07, 6.45) is 0. The van der Waals surface area contributed by atoms with Crippen molar-refractivity contribution < 1.29 is 23.7 Å². The fourth-order valence-corrected chi connectivity index (χ4v) is 4.61. The highest BCUT2D eigenvalue weighted by atomic mass is 16.5.